The predicted molar refractivity (Wildman–Crippen MR) is 51.3 cm³/mol. The summed E-state index contributed by atoms with van der Waals surface area (Å²) in [7, 11) is 0. The highest BCUT2D eigenvalue weighted by molar-refractivity contribution is 7.13. The van der Waals surface area contributed by atoms with Gasteiger partial charge in [-0.15, -0.1) is 11.3 Å². The third-order valence-corrected chi connectivity index (χ3v) is 2.75. The molecule has 2 heterocycles. The largest absolute Gasteiger partial charge is 0.477 e. The molecule has 0 aromatic carbocycles. The Hall–Kier alpha value is -1.42. The summed E-state index contributed by atoms with van der Waals surface area (Å²) in [6.45, 7) is 1.85. The van der Waals surface area contributed by atoms with E-state index in [0.29, 0.717) is 10.4 Å². The number of aromatic carboxylic acids is 1. The Bertz CT molecular complexity index is 475. The highest BCUT2D eigenvalue weighted by atomic mass is 32.1. The van der Waals surface area contributed by atoms with E-state index in [9.17, 15) is 4.79 Å². The summed E-state index contributed by atoms with van der Waals surface area (Å²) in [5.74, 6) is -0.905. The zero-order valence-electron chi connectivity index (χ0n) is 6.94. The molecule has 0 radical (unpaired) electrons. The molecule has 0 unspecified atom stereocenters. The van der Waals surface area contributed by atoms with Crippen molar-refractivity contribution >= 4 is 28.2 Å². The van der Waals surface area contributed by atoms with Crippen molar-refractivity contribution in [2.45, 2.75) is 6.92 Å². The second-order valence-electron chi connectivity index (χ2n) is 2.76. The Kier molecular flexibility index (Phi) is 1.77. The van der Waals surface area contributed by atoms with Crippen LogP contribution in [-0.4, -0.2) is 16.1 Å². The van der Waals surface area contributed by atoms with Gasteiger partial charge in [-0.3, -0.25) is 4.98 Å². The van der Waals surface area contributed by atoms with E-state index in [1.54, 1.807) is 0 Å². The lowest BCUT2D eigenvalue weighted by Crippen LogP contribution is -1.94. The van der Waals surface area contributed by atoms with Crippen LogP contribution in [0.15, 0.2) is 17.5 Å². The Morgan fingerprint density at radius 3 is 3.00 bits per heavy atom. The van der Waals surface area contributed by atoms with Crippen LogP contribution >= 0.6 is 11.3 Å². The molecule has 0 atom stereocenters. The number of aromatic nitrogens is 1. The maximum atomic E-state index is 10.8. The van der Waals surface area contributed by atoms with Gasteiger partial charge in [0, 0.05) is 16.5 Å². The Morgan fingerprint density at radius 1 is 1.54 bits per heavy atom. The van der Waals surface area contributed by atoms with Gasteiger partial charge in [0.2, 0.25) is 0 Å². The average Bonchev–Trinajstić information content (AvgIpc) is 2.46. The van der Waals surface area contributed by atoms with E-state index >= 15 is 0 Å². The third kappa shape index (κ3) is 1.29. The Labute approximate surface area is 78.7 Å². The molecule has 0 aliphatic carbocycles. The van der Waals surface area contributed by atoms with Gasteiger partial charge in [-0.05, 0) is 13.0 Å². The molecule has 2 aromatic rings. The minimum Gasteiger partial charge on any atom is -0.477 e. The zero-order valence-corrected chi connectivity index (χ0v) is 7.76. The van der Waals surface area contributed by atoms with Gasteiger partial charge >= 0.3 is 5.97 Å². The first-order chi connectivity index (χ1) is 6.18. The summed E-state index contributed by atoms with van der Waals surface area (Å²) >= 11 is 1.22. The molecular formula is C9H7NO2S. The highest BCUT2D eigenvalue weighted by Crippen LogP contribution is 2.23. The molecular weight excluding hydrogens is 186 g/mol. The van der Waals surface area contributed by atoms with Crippen LogP contribution in [-0.2, 0) is 0 Å². The first kappa shape index (κ1) is 8.19. The lowest BCUT2D eigenvalue weighted by Gasteiger charge is -1.93. The summed E-state index contributed by atoms with van der Waals surface area (Å²) in [6.07, 6.45) is 0. The zero-order chi connectivity index (χ0) is 9.42. The van der Waals surface area contributed by atoms with Crippen molar-refractivity contribution in [3.8, 4) is 0 Å². The number of pyridine rings is 1. The third-order valence-electron chi connectivity index (χ3n) is 1.78. The predicted octanol–water partition coefficient (Wildman–Crippen LogP) is 2.30. The van der Waals surface area contributed by atoms with Crippen LogP contribution in [0.25, 0.3) is 10.9 Å². The molecule has 0 bridgehead atoms. The minimum atomic E-state index is -0.905. The fourth-order valence-corrected chi connectivity index (χ4v) is 1.99. The van der Waals surface area contributed by atoms with Crippen LogP contribution < -0.4 is 0 Å². The number of thiophene rings is 1. The molecule has 0 fully saturated rings. The molecule has 13 heavy (non-hydrogen) atoms. The van der Waals surface area contributed by atoms with E-state index in [1.165, 1.54) is 11.3 Å². The number of nitrogens with zero attached hydrogens (tertiary/aromatic N) is 1. The molecule has 0 saturated carbocycles. The molecule has 3 nitrogen and oxygen atoms in total. The number of carboxylic acids is 1. The lowest BCUT2D eigenvalue weighted by atomic mass is 10.2. The SMILES string of the molecule is Cc1ccc2csc(C(=O)O)c2n1. The molecule has 0 aliphatic heterocycles. The van der Waals surface area contributed by atoms with E-state index < -0.39 is 5.97 Å². The first-order valence-electron chi connectivity index (χ1n) is 3.76. The maximum Gasteiger partial charge on any atom is 0.348 e. The van der Waals surface area contributed by atoms with Gasteiger partial charge in [0.1, 0.15) is 4.88 Å². The fraction of sp³-hybridized carbons (Fsp3) is 0.111. The maximum absolute atomic E-state index is 10.8. The molecule has 1 N–H and O–H groups in total. The van der Waals surface area contributed by atoms with Crippen LogP contribution in [0.4, 0.5) is 0 Å². The van der Waals surface area contributed by atoms with Gasteiger partial charge in [-0.1, -0.05) is 6.07 Å². The van der Waals surface area contributed by atoms with Crippen LogP contribution in [0.3, 0.4) is 0 Å². The summed E-state index contributed by atoms with van der Waals surface area (Å²) in [4.78, 5) is 15.3. The van der Waals surface area contributed by atoms with Gasteiger partial charge in [0.05, 0.1) is 5.52 Å². The molecule has 0 saturated heterocycles. The Balaban J connectivity index is 2.79. The summed E-state index contributed by atoms with van der Waals surface area (Å²) in [6, 6.07) is 3.77. The van der Waals surface area contributed by atoms with Crippen LogP contribution in [0.2, 0.25) is 0 Å². The van der Waals surface area contributed by atoms with E-state index in [0.717, 1.165) is 11.1 Å². The Morgan fingerprint density at radius 2 is 2.31 bits per heavy atom. The topological polar surface area (TPSA) is 50.2 Å². The lowest BCUT2D eigenvalue weighted by molar-refractivity contribution is 0.0704. The highest BCUT2D eigenvalue weighted by Gasteiger charge is 2.11. The van der Waals surface area contributed by atoms with Crippen molar-refractivity contribution < 1.29 is 9.90 Å². The van der Waals surface area contributed by atoms with E-state index in [1.807, 2.05) is 24.4 Å². The van der Waals surface area contributed by atoms with Crippen LogP contribution in [0, 0.1) is 6.92 Å². The number of hydrogen-bond acceptors (Lipinski definition) is 3. The summed E-state index contributed by atoms with van der Waals surface area (Å²) in [5.41, 5.74) is 1.44. The van der Waals surface area contributed by atoms with Crippen molar-refractivity contribution in [2.75, 3.05) is 0 Å². The first-order valence-corrected chi connectivity index (χ1v) is 4.64. The van der Waals surface area contributed by atoms with Gasteiger partial charge < -0.3 is 5.11 Å². The van der Waals surface area contributed by atoms with Gasteiger partial charge in [0.25, 0.3) is 0 Å². The van der Waals surface area contributed by atoms with Crippen molar-refractivity contribution in [1.29, 1.82) is 0 Å². The van der Waals surface area contributed by atoms with Crippen molar-refractivity contribution in [3.05, 3.63) is 28.1 Å². The number of carbonyl (C=O) groups is 1. The molecule has 0 amide bonds. The molecule has 2 aromatic heterocycles. The quantitative estimate of drug-likeness (QED) is 0.756. The monoisotopic (exact) mass is 193 g/mol. The van der Waals surface area contributed by atoms with Crippen LogP contribution in [0.5, 0.6) is 0 Å². The van der Waals surface area contributed by atoms with E-state index in [2.05, 4.69) is 4.98 Å². The smallest absolute Gasteiger partial charge is 0.348 e. The van der Waals surface area contributed by atoms with E-state index in [4.69, 9.17) is 5.11 Å². The van der Waals surface area contributed by atoms with Gasteiger partial charge in [0.15, 0.2) is 0 Å². The fourth-order valence-electron chi connectivity index (χ4n) is 1.17. The number of fused-ring (bicyclic) bond motifs is 1. The summed E-state index contributed by atoms with van der Waals surface area (Å²) in [5, 5.41) is 11.5. The molecule has 2 rings (SSSR count). The van der Waals surface area contributed by atoms with Gasteiger partial charge in [-0.25, -0.2) is 4.79 Å². The van der Waals surface area contributed by atoms with Crippen LogP contribution in [0.1, 0.15) is 15.4 Å². The second-order valence-corrected chi connectivity index (χ2v) is 3.64. The molecule has 66 valence electrons. The van der Waals surface area contributed by atoms with Crippen molar-refractivity contribution in [1.82, 2.24) is 4.98 Å². The average molecular weight is 193 g/mol. The molecule has 0 aliphatic rings. The normalized spacial score (nSPS) is 10.5. The van der Waals surface area contributed by atoms with E-state index in [-0.39, 0.29) is 0 Å². The summed E-state index contributed by atoms with van der Waals surface area (Å²) < 4.78 is 0. The number of carboxylic acid groups (broad SMARTS) is 1. The molecule has 4 heteroatoms. The van der Waals surface area contributed by atoms with Crippen molar-refractivity contribution in [3.63, 3.8) is 0 Å². The minimum absolute atomic E-state index is 0.318. The number of aryl methyl sites for hydroxylation is 1. The standard InChI is InChI=1S/C9H7NO2S/c1-5-2-3-6-4-13-8(9(11)12)7(6)10-5/h2-4H,1H3,(H,11,12). The number of rotatable bonds is 1. The second kappa shape index (κ2) is 2.81. The molecule has 0 spiro atoms. The number of hydrogen-bond donors (Lipinski definition) is 1. The van der Waals surface area contributed by atoms with Crippen molar-refractivity contribution in [2.24, 2.45) is 0 Å². The van der Waals surface area contributed by atoms with Gasteiger partial charge in [-0.2, -0.15) is 0 Å².